The lowest BCUT2D eigenvalue weighted by Crippen LogP contribution is -2.14. The predicted octanol–water partition coefficient (Wildman–Crippen LogP) is 3.59. The fourth-order valence-corrected chi connectivity index (χ4v) is 4.46. The van der Waals surface area contributed by atoms with E-state index in [4.69, 9.17) is 4.74 Å². The predicted molar refractivity (Wildman–Crippen MR) is 99.9 cm³/mol. The summed E-state index contributed by atoms with van der Waals surface area (Å²) in [6, 6.07) is 7.68. The molecule has 8 heteroatoms. The van der Waals surface area contributed by atoms with Crippen molar-refractivity contribution in [1.82, 2.24) is 4.98 Å². The minimum absolute atomic E-state index is 0.0548. The Labute approximate surface area is 146 Å². The summed E-state index contributed by atoms with van der Waals surface area (Å²) in [7, 11) is 1.64. The van der Waals surface area contributed by atoms with Gasteiger partial charge in [0.15, 0.2) is 5.13 Å². The number of aromatic nitrogens is 1. The van der Waals surface area contributed by atoms with E-state index in [0.717, 1.165) is 33.7 Å². The van der Waals surface area contributed by atoms with E-state index in [-0.39, 0.29) is 5.91 Å². The number of carbonyl (C=O) groups excluding carboxylic acids is 1. The number of ether oxygens (including phenoxy) is 1. The summed E-state index contributed by atoms with van der Waals surface area (Å²) in [5, 5.41) is 5.38. The van der Waals surface area contributed by atoms with Gasteiger partial charge in [0.1, 0.15) is 10.1 Å². The zero-order valence-corrected chi connectivity index (χ0v) is 14.9. The maximum absolute atomic E-state index is 12.0. The van der Waals surface area contributed by atoms with Crippen molar-refractivity contribution in [2.75, 3.05) is 30.5 Å². The topological polar surface area (TPSA) is 63.6 Å². The molecule has 1 amide bonds. The van der Waals surface area contributed by atoms with Crippen molar-refractivity contribution >= 4 is 50.3 Å². The number of methoxy groups -OCH3 is 1. The molecule has 2 heterocycles. The van der Waals surface area contributed by atoms with Gasteiger partial charge in [0.25, 0.3) is 0 Å². The quantitative estimate of drug-likeness (QED) is 0.877. The van der Waals surface area contributed by atoms with Crippen LogP contribution in [0.3, 0.4) is 0 Å². The first-order valence-corrected chi connectivity index (χ1v) is 9.79. The number of aliphatic imine (C=N–C) groups is 1. The zero-order chi connectivity index (χ0) is 16.1. The molecule has 120 valence electrons. The maximum atomic E-state index is 12.0. The Bertz CT molecular complexity index is 713. The van der Waals surface area contributed by atoms with E-state index < -0.39 is 0 Å². The van der Waals surface area contributed by atoms with E-state index in [9.17, 15) is 4.79 Å². The molecule has 1 aromatic heterocycles. The second-order valence-electron chi connectivity index (χ2n) is 4.60. The van der Waals surface area contributed by atoms with Crippen molar-refractivity contribution in [2.24, 2.45) is 4.99 Å². The van der Waals surface area contributed by atoms with Gasteiger partial charge in [-0.05, 0) is 24.3 Å². The van der Waals surface area contributed by atoms with E-state index >= 15 is 0 Å². The van der Waals surface area contributed by atoms with Crippen molar-refractivity contribution in [3.63, 3.8) is 0 Å². The van der Waals surface area contributed by atoms with Crippen LogP contribution in [0.15, 0.2) is 34.6 Å². The van der Waals surface area contributed by atoms with Gasteiger partial charge < -0.3 is 10.1 Å². The maximum Gasteiger partial charge on any atom is 0.236 e. The summed E-state index contributed by atoms with van der Waals surface area (Å²) in [6.45, 7) is 0.853. The summed E-state index contributed by atoms with van der Waals surface area (Å²) in [4.78, 5) is 20.7. The van der Waals surface area contributed by atoms with E-state index in [1.54, 1.807) is 18.9 Å². The largest absolute Gasteiger partial charge is 0.497 e. The molecule has 1 N–H and O–H groups in total. The fourth-order valence-electron chi connectivity index (χ4n) is 1.91. The van der Waals surface area contributed by atoms with Gasteiger partial charge in [-0.3, -0.25) is 9.79 Å². The van der Waals surface area contributed by atoms with Gasteiger partial charge in [-0.15, -0.1) is 11.3 Å². The van der Waals surface area contributed by atoms with Crippen molar-refractivity contribution in [2.45, 2.75) is 0 Å². The molecular weight excluding hydrogens is 350 g/mol. The molecule has 0 fully saturated rings. The summed E-state index contributed by atoms with van der Waals surface area (Å²) in [5.41, 5.74) is 1.84. The second-order valence-corrected chi connectivity index (χ2v) is 7.76. The molecule has 1 aromatic carbocycles. The highest BCUT2D eigenvalue weighted by Crippen LogP contribution is 2.27. The van der Waals surface area contributed by atoms with Crippen molar-refractivity contribution in [1.29, 1.82) is 0 Å². The monoisotopic (exact) mass is 365 g/mol. The van der Waals surface area contributed by atoms with Crippen LogP contribution in [0.4, 0.5) is 5.13 Å². The molecule has 0 bridgehead atoms. The standard InChI is InChI=1S/C15H15N3O2S3/c1-20-11-4-2-10(3-5-11)12-8-22-14(17-12)18-13(19)9-23-15-16-6-7-21-15/h2-5,8H,6-7,9H2,1H3,(H,17,18,19). The Balaban J connectivity index is 1.56. The molecule has 0 radical (unpaired) electrons. The van der Waals surface area contributed by atoms with Crippen LogP contribution in [0, 0.1) is 0 Å². The molecular formula is C15H15N3O2S3. The Morgan fingerprint density at radius 2 is 2.22 bits per heavy atom. The second kappa shape index (κ2) is 7.85. The van der Waals surface area contributed by atoms with Gasteiger partial charge >= 0.3 is 0 Å². The molecule has 0 atom stereocenters. The molecule has 3 rings (SSSR count). The zero-order valence-electron chi connectivity index (χ0n) is 12.4. The average Bonchev–Trinajstić information content (AvgIpc) is 3.25. The molecule has 2 aromatic rings. The number of nitrogens with one attached hydrogen (secondary N) is 1. The Morgan fingerprint density at radius 1 is 1.39 bits per heavy atom. The number of thioether (sulfide) groups is 2. The minimum Gasteiger partial charge on any atom is -0.497 e. The highest BCUT2D eigenvalue weighted by Gasteiger charge is 2.12. The lowest BCUT2D eigenvalue weighted by molar-refractivity contribution is -0.113. The first-order chi connectivity index (χ1) is 11.2. The molecule has 0 aliphatic carbocycles. The lowest BCUT2D eigenvalue weighted by Gasteiger charge is -2.02. The molecule has 0 unspecified atom stereocenters. The van der Waals surface area contributed by atoms with Gasteiger partial charge in [-0.1, -0.05) is 23.5 Å². The summed E-state index contributed by atoms with van der Waals surface area (Å²) >= 11 is 4.61. The van der Waals surface area contributed by atoms with Crippen LogP contribution in [0.5, 0.6) is 5.75 Å². The molecule has 1 aliphatic heterocycles. The third-order valence-electron chi connectivity index (χ3n) is 3.02. The van der Waals surface area contributed by atoms with Crippen LogP contribution in [-0.2, 0) is 4.79 Å². The number of benzene rings is 1. The molecule has 0 spiro atoms. The van der Waals surface area contributed by atoms with Crippen LogP contribution in [0.1, 0.15) is 0 Å². The SMILES string of the molecule is COc1ccc(-c2csc(NC(=O)CSC3=NCCS3)n2)cc1. The normalized spacial score (nSPS) is 13.7. The molecule has 23 heavy (non-hydrogen) atoms. The number of hydrogen-bond donors (Lipinski definition) is 1. The smallest absolute Gasteiger partial charge is 0.236 e. The number of nitrogens with zero attached hydrogens (tertiary/aromatic N) is 2. The van der Waals surface area contributed by atoms with E-state index in [2.05, 4.69) is 15.3 Å². The lowest BCUT2D eigenvalue weighted by atomic mass is 10.2. The third-order valence-corrected chi connectivity index (χ3v) is 6.03. The summed E-state index contributed by atoms with van der Waals surface area (Å²) < 4.78 is 6.14. The Kier molecular flexibility index (Phi) is 5.58. The van der Waals surface area contributed by atoms with E-state index in [1.165, 1.54) is 23.1 Å². The van der Waals surface area contributed by atoms with Gasteiger partial charge in [0.2, 0.25) is 5.91 Å². The number of hydrogen-bond acceptors (Lipinski definition) is 7. The fraction of sp³-hybridized carbons (Fsp3) is 0.267. The highest BCUT2D eigenvalue weighted by atomic mass is 32.2. The minimum atomic E-state index is -0.0548. The Morgan fingerprint density at radius 3 is 2.91 bits per heavy atom. The molecule has 0 saturated heterocycles. The molecule has 5 nitrogen and oxygen atoms in total. The third kappa shape index (κ3) is 4.49. The van der Waals surface area contributed by atoms with Crippen LogP contribution in [0.2, 0.25) is 0 Å². The van der Waals surface area contributed by atoms with Gasteiger partial charge in [0.05, 0.1) is 25.1 Å². The number of thiazole rings is 1. The molecule has 1 aliphatic rings. The summed E-state index contributed by atoms with van der Waals surface area (Å²) in [6.07, 6.45) is 0. The van der Waals surface area contributed by atoms with Crippen molar-refractivity contribution in [3.05, 3.63) is 29.6 Å². The number of rotatable bonds is 5. The van der Waals surface area contributed by atoms with Crippen LogP contribution in [-0.4, -0.2) is 40.4 Å². The van der Waals surface area contributed by atoms with Gasteiger partial charge in [-0.25, -0.2) is 4.98 Å². The highest BCUT2D eigenvalue weighted by molar-refractivity contribution is 8.39. The van der Waals surface area contributed by atoms with E-state index in [1.807, 2.05) is 29.6 Å². The van der Waals surface area contributed by atoms with Crippen molar-refractivity contribution in [3.8, 4) is 17.0 Å². The number of amides is 1. The first-order valence-electron chi connectivity index (χ1n) is 6.94. The Hall–Kier alpha value is -1.51. The number of carbonyl (C=O) groups is 1. The summed E-state index contributed by atoms with van der Waals surface area (Å²) in [5.74, 6) is 2.13. The first kappa shape index (κ1) is 16.4. The molecule has 0 saturated carbocycles. The van der Waals surface area contributed by atoms with Crippen LogP contribution in [0.25, 0.3) is 11.3 Å². The van der Waals surface area contributed by atoms with Gasteiger partial charge in [0, 0.05) is 16.7 Å². The van der Waals surface area contributed by atoms with Crippen LogP contribution < -0.4 is 10.1 Å². The number of anilines is 1. The van der Waals surface area contributed by atoms with Crippen molar-refractivity contribution < 1.29 is 9.53 Å². The van der Waals surface area contributed by atoms with E-state index in [0.29, 0.717) is 10.9 Å². The van der Waals surface area contributed by atoms with Gasteiger partial charge in [-0.2, -0.15) is 0 Å². The average molecular weight is 366 g/mol. The van der Waals surface area contributed by atoms with Crippen LogP contribution >= 0.6 is 34.9 Å².